The zero-order valence-electron chi connectivity index (χ0n) is 7.34. The van der Waals surface area contributed by atoms with Crippen molar-refractivity contribution in [1.29, 1.82) is 0 Å². The summed E-state index contributed by atoms with van der Waals surface area (Å²) in [5, 5.41) is 12.0. The molecule has 1 aliphatic heterocycles. The molecule has 0 aromatic rings. The standard InChI is InChI=1S/C9H19NO/c1-2-8-9(10-8)6-4-3-5-7-11/h8-11H,2-7H2,1H3. The number of hydrogen-bond donors (Lipinski definition) is 2. The molecule has 0 amide bonds. The second-order valence-electron chi connectivity index (χ2n) is 3.36. The highest BCUT2D eigenvalue weighted by Crippen LogP contribution is 2.20. The van der Waals surface area contributed by atoms with Gasteiger partial charge in [-0.05, 0) is 19.3 Å². The molecule has 2 nitrogen and oxygen atoms in total. The Labute approximate surface area is 69.0 Å². The van der Waals surface area contributed by atoms with E-state index >= 15 is 0 Å². The van der Waals surface area contributed by atoms with E-state index in [-0.39, 0.29) is 0 Å². The second-order valence-corrected chi connectivity index (χ2v) is 3.36. The average Bonchev–Trinajstić information content (AvgIpc) is 2.77. The second kappa shape index (κ2) is 4.73. The lowest BCUT2D eigenvalue weighted by Gasteiger charge is -1.95. The van der Waals surface area contributed by atoms with E-state index in [1.165, 1.54) is 25.7 Å². The lowest BCUT2D eigenvalue weighted by atomic mass is 10.1. The summed E-state index contributed by atoms with van der Waals surface area (Å²) in [5.74, 6) is 0. The fourth-order valence-electron chi connectivity index (χ4n) is 1.56. The Morgan fingerprint density at radius 3 is 2.55 bits per heavy atom. The minimum atomic E-state index is 0.356. The molecule has 0 spiro atoms. The lowest BCUT2D eigenvalue weighted by molar-refractivity contribution is 0.282. The van der Waals surface area contributed by atoms with Gasteiger partial charge in [0.05, 0.1) is 0 Å². The summed E-state index contributed by atoms with van der Waals surface area (Å²) in [7, 11) is 0. The van der Waals surface area contributed by atoms with Gasteiger partial charge < -0.3 is 10.4 Å². The maximum Gasteiger partial charge on any atom is 0.0431 e. The van der Waals surface area contributed by atoms with Gasteiger partial charge in [-0.3, -0.25) is 0 Å². The maximum absolute atomic E-state index is 8.53. The first-order chi connectivity index (χ1) is 5.38. The summed E-state index contributed by atoms with van der Waals surface area (Å²) < 4.78 is 0. The van der Waals surface area contributed by atoms with Crippen LogP contribution in [0.1, 0.15) is 39.0 Å². The van der Waals surface area contributed by atoms with Crippen LogP contribution < -0.4 is 5.32 Å². The van der Waals surface area contributed by atoms with Crippen LogP contribution in [0.2, 0.25) is 0 Å². The molecule has 0 aliphatic carbocycles. The number of nitrogens with one attached hydrogen (secondary N) is 1. The number of aliphatic hydroxyl groups is 1. The van der Waals surface area contributed by atoms with Crippen LogP contribution in [-0.4, -0.2) is 23.8 Å². The monoisotopic (exact) mass is 157 g/mol. The Balaban J connectivity index is 1.82. The van der Waals surface area contributed by atoms with Crippen LogP contribution in [-0.2, 0) is 0 Å². The van der Waals surface area contributed by atoms with Crippen molar-refractivity contribution < 1.29 is 5.11 Å². The van der Waals surface area contributed by atoms with E-state index in [1.807, 2.05) is 0 Å². The molecule has 1 saturated heterocycles. The predicted molar refractivity (Wildman–Crippen MR) is 46.6 cm³/mol. The van der Waals surface area contributed by atoms with Gasteiger partial charge in [-0.15, -0.1) is 0 Å². The molecule has 0 saturated carbocycles. The first kappa shape index (κ1) is 9.01. The minimum Gasteiger partial charge on any atom is -0.396 e. The molecule has 1 rings (SSSR count). The normalized spacial score (nSPS) is 28.9. The van der Waals surface area contributed by atoms with Crippen molar-refractivity contribution in [3.8, 4) is 0 Å². The molecule has 1 heterocycles. The minimum absolute atomic E-state index is 0.356. The van der Waals surface area contributed by atoms with Crippen LogP contribution in [0.3, 0.4) is 0 Å². The highest BCUT2D eigenvalue weighted by Gasteiger charge is 2.32. The van der Waals surface area contributed by atoms with Gasteiger partial charge in [0.2, 0.25) is 0 Å². The average molecular weight is 157 g/mol. The van der Waals surface area contributed by atoms with E-state index in [9.17, 15) is 0 Å². The third-order valence-electron chi connectivity index (χ3n) is 2.42. The Bertz CT molecular complexity index is 106. The first-order valence-electron chi connectivity index (χ1n) is 4.75. The number of aliphatic hydroxyl groups excluding tert-OH is 1. The van der Waals surface area contributed by atoms with E-state index in [0.29, 0.717) is 6.61 Å². The summed E-state index contributed by atoms with van der Waals surface area (Å²) >= 11 is 0. The molecule has 0 aromatic carbocycles. The molecule has 2 atom stereocenters. The van der Waals surface area contributed by atoms with Gasteiger partial charge in [0.25, 0.3) is 0 Å². The van der Waals surface area contributed by atoms with Crippen molar-refractivity contribution in [2.45, 2.75) is 51.1 Å². The first-order valence-corrected chi connectivity index (χ1v) is 4.75. The van der Waals surface area contributed by atoms with Crippen molar-refractivity contribution in [1.82, 2.24) is 5.32 Å². The van der Waals surface area contributed by atoms with Crippen LogP contribution >= 0.6 is 0 Å². The van der Waals surface area contributed by atoms with Gasteiger partial charge in [-0.25, -0.2) is 0 Å². The number of hydrogen-bond acceptors (Lipinski definition) is 2. The molecular weight excluding hydrogens is 138 g/mol. The lowest BCUT2D eigenvalue weighted by Crippen LogP contribution is -1.93. The third kappa shape index (κ3) is 3.21. The summed E-state index contributed by atoms with van der Waals surface area (Å²) in [6, 6.07) is 1.61. The molecule has 1 fully saturated rings. The number of rotatable bonds is 6. The smallest absolute Gasteiger partial charge is 0.0431 e. The zero-order valence-corrected chi connectivity index (χ0v) is 7.34. The molecule has 0 bridgehead atoms. The highest BCUT2D eigenvalue weighted by molar-refractivity contribution is 4.96. The van der Waals surface area contributed by atoms with Gasteiger partial charge in [0, 0.05) is 18.7 Å². The molecule has 1 aliphatic rings. The van der Waals surface area contributed by atoms with Crippen LogP contribution in [0.15, 0.2) is 0 Å². The van der Waals surface area contributed by atoms with Crippen molar-refractivity contribution in [2.75, 3.05) is 6.61 Å². The van der Waals surface area contributed by atoms with Crippen molar-refractivity contribution >= 4 is 0 Å². The third-order valence-corrected chi connectivity index (χ3v) is 2.42. The quantitative estimate of drug-likeness (QED) is 0.450. The van der Waals surface area contributed by atoms with Crippen molar-refractivity contribution in [3.63, 3.8) is 0 Å². The van der Waals surface area contributed by atoms with Crippen molar-refractivity contribution in [2.24, 2.45) is 0 Å². The molecule has 2 N–H and O–H groups in total. The molecule has 11 heavy (non-hydrogen) atoms. The van der Waals surface area contributed by atoms with E-state index in [1.54, 1.807) is 0 Å². The van der Waals surface area contributed by atoms with Crippen LogP contribution in [0.4, 0.5) is 0 Å². The Kier molecular flexibility index (Phi) is 3.87. The van der Waals surface area contributed by atoms with Crippen LogP contribution in [0.25, 0.3) is 0 Å². The SMILES string of the molecule is CCC1NC1CCCCCO. The fourth-order valence-corrected chi connectivity index (χ4v) is 1.56. The fraction of sp³-hybridized carbons (Fsp3) is 1.00. The summed E-state index contributed by atoms with van der Waals surface area (Å²) in [4.78, 5) is 0. The van der Waals surface area contributed by atoms with Gasteiger partial charge in [0.1, 0.15) is 0 Å². The van der Waals surface area contributed by atoms with Crippen LogP contribution in [0, 0.1) is 0 Å². The van der Waals surface area contributed by atoms with Gasteiger partial charge >= 0.3 is 0 Å². The Morgan fingerprint density at radius 1 is 1.18 bits per heavy atom. The zero-order chi connectivity index (χ0) is 8.10. The number of unbranched alkanes of at least 4 members (excludes halogenated alkanes) is 2. The largest absolute Gasteiger partial charge is 0.396 e. The van der Waals surface area contributed by atoms with Crippen molar-refractivity contribution in [3.05, 3.63) is 0 Å². The van der Waals surface area contributed by atoms with Crippen LogP contribution in [0.5, 0.6) is 0 Å². The van der Waals surface area contributed by atoms with E-state index in [2.05, 4.69) is 12.2 Å². The van der Waals surface area contributed by atoms with Gasteiger partial charge in [-0.1, -0.05) is 19.8 Å². The Morgan fingerprint density at radius 2 is 2.00 bits per heavy atom. The predicted octanol–water partition coefficient (Wildman–Crippen LogP) is 1.29. The van der Waals surface area contributed by atoms with E-state index in [4.69, 9.17) is 5.11 Å². The maximum atomic E-state index is 8.53. The highest BCUT2D eigenvalue weighted by atomic mass is 16.2. The molecule has 2 heteroatoms. The summed E-state index contributed by atoms with van der Waals surface area (Å²) in [6.07, 6.45) is 6.01. The summed E-state index contributed by atoms with van der Waals surface area (Å²) in [5.41, 5.74) is 0. The molecule has 0 radical (unpaired) electrons. The molecule has 66 valence electrons. The van der Waals surface area contributed by atoms with E-state index in [0.717, 1.165) is 18.5 Å². The topological polar surface area (TPSA) is 42.2 Å². The van der Waals surface area contributed by atoms with E-state index < -0.39 is 0 Å². The van der Waals surface area contributed by atoms with Gasteiger partial charge in [-0.2, -0.15) is 0 Å². The Hall–Kier alpha value is -0.0800. The molecule has 2 unspecified atom stereocenters. The van der Waals surface area contributed by atoms with Gasteiger partial charge in [0.15, 0.2) is 0 Å². The molecule has 0 aromatic heterocycles. The summed E-state index contributed by atoms with van der Waals surface area (Å²) in [6.45, 7) is 2.58. The molecular formula is C9H19NO.